The van der Waals surface area contributed by atoms with E-state index in [1.54, 1.807) is 18.2 Å². The maximum absolute atomic E-state index is 12.5. The van der Waals surface area contributed by atoms with Crippen molar-refractivity contribution >= 4 is 0 Å². The van der Waals surface area contributed by atoms with Crippen LogP contribution < -0.4 is 10.5 Å². The molecule has 2 atom stereocenters. The average Bonchev–Trinajstić information content (AvgIpc) is 2.40. The summed E-state index contributed by atoms with van der Waals surface area (Å²) in [5.41, 5.74) is 6.55. The minimum Gasteiger partial charge on any atom is -0.434 e. The van der Waals surface area contributed by atoms with Crippen LogP contribution in [0.4, 0.5) is 8.78 Å². The summed E-state index contributed by atoms with van der Waals surface area (Å²) in [4.78, 5) is 2.10. The Hall–Kier alpha value is -1.20. The number of likely N-dealkylation sites (N-methyl/N-ethyl adjacent to an activating group) is 1. The van der Waals surface area contributed by atoms with Crippen LogP contribution in [0.1, 0.15) is 31.9 Å². The molecule has 0 aromatic heterocycles. The standard InChI is InChI=1S/C15H24F2N2O/c1-4-11(2)10-19(3)13(9-18)12-7-5-6-8-14(12)20-15(16)17/h5-8,11,13,15H,4,9-10,18H2,1-3H3. The first-order chi connectivity index (χ1) is 9.49. The summed E-state index contributed by atoms with van der Waals surface area (Å²) < 4.78 is 29.5. The highest BCUT2D eigenvalue weighted by molar-refractivity contribution is 5.36. The molecule has 0 spiro atoms. The van der Waals surface area contributed by atoms with Crippen molar-refractivity contribution in [1.29, 1.82) is 0 Å². The number of para-hydroxylation sites is 1. The summed E-state index contributed by atoms with van der Waals surface area (Å²) in [6.45, 7) is 2.68. The molecule has 0 saturated heterocycles. The van der Waals surface area contributed by atoms with Crippen molar-refractivity contribution in [3.8, 4) is 5.75 Å². The Morgan fingerprint density at radius 2 is 1.95 bits per heavy atom. The summed E-state index contributed by atoms with van der Waals surface area (Å²) in [5, 5.41) is 0. The molecule has 0 saturated carbocycles. The van der Waals surface area contributed by atoms with Gasteiger partial charge in [-0.2, -0.15) is 8.78 Å². The fourth-order valence-corrected chi connectivity index (χ4v) is 2.25. The van der Waals surface area contributed by atoms with Gasteiger partial charge in [-0.1, -0.05) is 38.5 Å². The van der Waals surface area contributed by atoms with Gasteiger partial charge in [-0.3, -0.25) is 4.90 Å². The van der Waals surface area contributed by atoms with E-state index in [0.29, 0.717) is 18.0 Å². The Labute approximate surface area is 119 Å². The Bertz CT molecular complexity index is 401. The molecule has 1 aromatic rings. The van der Waals surface area contributed by atoms with Gasteiger partial charge >= 0.3 is 6.61 Å². The van der Waals surface area contributed by atoms with Gasteiger partial charge in [0.05, 0.1) is 6.04 Å². The molecular formula is C15H24F2N2O. The average molecular weight is 286 g/mol. The largest absolute Gasteiger partial charge is 0.434 e. The first-order valence-electron chi connectivity index (χ1n) is 6.93. The molecule has 0 aliphatic rings. The van der Waals surface area contributed by atoms with Crippen LogP contribution in [0, 0.1) is 5.92 Å². The molecule has 2 N–H and O–H groups in total. The molecular weight excluding hydrogens is 262 g/mol. The lowest BCUT2D eigenvalue weighted by Crippen LogP contribution is -2.34. The molecule has 20 heavy (non-hydrogen) atoms. The lowest BCUT2D eigenvalue weighted by Gasteiger charge is -2.30. The lowest BCUT2D eigenvalue weighted by atomic mass is 10.0. The number of nitrogens with two attached hydrogens (primary N) is 1. The molecule has 1 aromatic carbocycles. The Balaban J connectivity index is 2.93. The van der Waals surface area contributed by atoms with Crippen molar-refractivity contribution in [1.82, 2.24) is 4.90 Å². The molecule has 0 bridgehead atoms. The summed E-state index contributed by atoms with van der Waals surface area (Å²) in [6, 6.07) is 6.72. The number of hydrogen-bond acceptors (Lipinski definition) is 3. The molecule has 0 heterocycles. The summed E-state index contributed by atoms with van der Waals surface area (Å²) in [5.74, 6) is 0.728. The number of nitrogens with zero attached hydrogens (tertiary/aromatic N) is 1. The van der Waals surface area contributed by atoms with Crippen LogP contribution in [0.15, 0.2) is 24.3 Å². The third-order valence-electron chi connectivity index (χ3n) is 3.55. The molecule has 0 fully saturated rings. The van der Waals surface area contributed by atoms with Crippen molar-refractivity contribution in [3.63, 3.8) is 0 Å². The second-order valence-electron chi connectivity index (χ2n) is 5.12. The van der Waals surface area contributed by atoms with Gasteiger partial charge in [-0.15, -0.1) is 0 Å². The van der Waals surface area contributed by atoms with E-state index in [-0.39, 0.29) is 11.8 Å². The molecule has 1 rings (SSSR count). The SMILES string of the molecule is CCC(C)CN(C)C(CN)c1ccccc1OC(F)F. The molecule has 0 amide bonds. The number of hydrogen-bond donors (Lipinski definition) is 1. The van der Waals surface area contributed by atoms with Gasteiger partial charge in [-0.05, 0) is 19.0 Å². The van der Waals surface area contributed by atoms with Crippen LogP contribution in [-0.2, 0) is 0 Å². The molecule has 0 radical (unpaired) electrons. The predicted molar refractivity (Wildman–Crippen MR) is 77.0 cm³/mol. The van der Waals surface area contributed by atoms with E-state index >= 15 is 0 Å². The third kappa shape index (κ3) is 4.72. The Kier molecular flexibility index (Phi) is 6.88. The van der Waals surface area contributed by atoms with E-state index in [9.17, 15) is 8.78 Å². The summed E-state index contributed by atoms with van der Waals surface area (Å²) in [7, 11) is 1.96. The minimum atomic E-state index is -2.82. The maximum Gasteiger partial charge on any atom is 0.387 e. The Morgan fingerprint density at radius 1 is 1.30 bits per heavy atom. The molecule has 0 aliphatic carbocycles. The highest BCUT2D eigenvalue weighted by atomic mass is 19.3. The van der Waals surface area contributed by atoms with E-state index in [4.69, 9.17) is 5.73 Å². The third-order valence-corrected chi connectivity index (χ3v) is 3.55. The van der Waals surface area contributed by atoms with Crippen LogP contribution in [-0.4, -0.2) is 31.6 Å². The van der Waals surface area contributed by atoms with Crippen molar-refractivity contribution in [3.05, 3.63) is 29.8 Å². The number of alkyl halides is 2. The topological polar surface area (TPSA) is 38.5 Å². The number of rotatable bonds is 8. The zero-order valence-electron chi connectivity index (χ0n) is 12.4. The van der Waals surface area contributed by atoms with Crippen LogP contribution >= 0.6 is 0 Å². The van der Waals surface area contributed by atoms with Crippen molar-refractivity contribution in [2.75, 3.05) is 20.1 Å². The van der Waals surface area contributed by atoms with Crippen LogP contribution in [0.3, 0.4) is 0 Å². The van der Waals surface area contributed by atoms with Gasteiger partial charge in [-0.25, -0.2) is 0 Å². The van der Waals surface area contributed by atoms with Crippen molar-refractivity contribution < 1.29 is 13.5 Å². The maximum atomic E-state index is 12.5. The predicted octanol–water partition coefficient (Wildman–Crippen LogP) is 3.27. The van der Waals surface area contributed by atoms with E-state index in [1.165, 1.54) is 0 Å². The van der Waals surface area contributed by atoms with E-state index in [1.807, 2.05) is 13.1 Å². The highest BCUT2D eigenvalue weighted by Gasteiger charge is 2.21. The monoisotopic (exact) mass is 286 g/mol. The normalized spacial score (nSPS) is 14.6. The first kappa shape index (κ1) is 16.9. The fraction of sp³-hybridized carbons (Fsp3) is 0.600. The fourth-order valence-electron chi connectivity index (χ4n) is 2.25. The second kappa shape index (κ2) is 8.17. The summed E-state index contributed by atoms with van der Waals surface area (Å²) in [6.07, 6.45) is 1.07. The van der Waals surface area contributed by atoms with Gasteiger partial charge < -0.3 is 10.5 Å². The highest BCUT2D eigenvalue weighted by Crippen LogP contribution is 2.29. The molecule has 3 nitrogen and oxygen atoms in total. The minimum absolute atomic E-state index is 0.126. The van der Waals surface area contributed by atoms with Gasteiger partial charge in [0.1, 0.15) is 5.75 Å². The van der Waals surface area contributed by atoms with Crippen LogP contribution in [0.25, 0.3) is 0 Å². The zero-order valence-corrected chi connectivity index (χ0v) is 12.4. The molecule has 2 unspecified atom stereocenters. The quantitative estimate of drug-likeness (QED) is 0.797. The lowest BCUT2D eigenvalue weighted by molar-refractivity contribution is -0.0511. The first-order valence-corrected chi connectivity index (χ1v) is 6.93. The van der Waals surface area contributed by atoms with Gasteiger partial charge in [0.2, 0.25) is 0 Å². The van der Waals surface area contributed by atoms with E-state index in [2.05, 4.69) is 23.5 Å². The molecule has 5 heteroatoms. The zero-order chi connectivity index (χ0) is 15.1. The van der Waals surface area contributed by atoms with Crippen LogP contribution in [0.2, 0.25) is 0 Å². The number of ether oxygens (including phenoxy) is 1. The van der Waals surface area contributed by atoms with Crippen molar-refractivity contribution in [2.45, 2.75) is 32.9 Å². The van der Waals surface area contributed by atoms with Gasteiger partial charge in [0.25, 0.3) is 0 Å². The second-order valence-corrected chi connectivity index (χ2v) is 5.12. The van der Waals surface area contributed by atoms with Gasteiger partial charge in [0.15, 0.2) is 0 Å². The smallest absolute Gasteiger partial charge is 0.387 e. The van der Waals surface area contributed by atoms with Crippen LogP contribution in [0.5, 0.6) is 5.75 Å². The van der Waals surface area contributed by atoms with E-state index < -0.39 is 6.61 Å². The Morgan fingerprint density at radius 3 is 2.50 bits per heavy atom. The summed E-state index contributed by atoms with van der Waals surface area (Å²) >= 11 is 0. The molecule has 0 aliphatic heterocycles. The molecule has 114 valence electrons. The van der Waals surface area contributed by atoms with Gasteiger partial charge in [0, 0.05) is 18.7 Å². The number of benzene rings is 1. The van der Waals surface area contributed by atoms with Crippen molar-refractivity contribution in [2.24, 2.45) is 11.7 Å². The van der Waals surface area contributed by atoms with E-state index in [0.717, 1.165) is 13.0 Å². The number of halogens is 2.